The Hall–Kier alpha value is -1.38. The van der Waals surface area contributed by atoms with E-state index in [0.29, 0.717) is 18.4 Å². The number of hydrogen-bond acceptors (Lipinski definition) is 2. The van der Waals surface area contributed by atoms with Gasteiger partial charge in [-0.25, -0.2) is 4.39 Å². The molecule has 0 atom stereocenters. The first-order valence-electron chi connectivity index (χ1n) is 3.73. The summed E-state index contributed by atoms with van der Waals surface area (Å²) in [6.07, 6.45) is 0.765. The molecule has 2 nitrogen and oxygen atoms in total. The Morgan fingerprint density at radius 1 is 1.33 bits per heavy atom. The van der Waals surface area contributed by atoms with E-state index in [4.69, 9.17) is 0 Å². The second-order valence-electron chi connectivity index (χ2n) is 2.84. The van der Waals surface area contributed by atoms with Gasteiger partial charge in [0.15, 0.2) is 5.78 Å². The highest BCUT2D eigenvalue weighted by Crippen LogP contribution is 2.31. The van der Waals surface area contributed by atoms with Crippen LogP contribution in [-0.2, 0) is 6.42 Å². The SMILES string of the molecule is O=C1CCc2c(O)ccc(F)c21. The summed E-state index contributed by atoms with van der Waals surface area (Å²) in [5, 5.41) is 9.25. The van der Waals surface area contributed by atoms with Crippen molar-refractivity contribution in [3.05, 3.63) is 29.1 Å². The fourth-order valence-corrected chi connectivity index (χ4v) is 1.53. The predicted octanol–water partition coefficient (Wildman–Crippen LogP) is 1.66. The van der Waals surface area contributed by atoms with E-state index in [9.17, 15) is 14.3 Å². The summed E-state index contributed by atoms with van der Waals surface area (Å²) in [6, 6.07) is 2.41. The van der Waals surface area contributed by atoms with Crippen molar-refractivity contribution in [1.82, 2.24) is 0 Å². The maximum Gasteiger partial charge on any atom is 0.166 e. The van der Waals surface area contributed by atoms with Crippen LogP contribution in [0.2, 0.25) is 0 Å². The van der Waals surface area contributed by atoms with Crippen molar-refractivity contribution in [2.75, 3.05) is 0 Å². The average Bonchev–Trinajstić information content (AvgIpc) is 2.42. The molecule has 62 valence electrons. The molecule has 0 amide bonds. The Kier molecular flexibility index (Phi) is 1.40. The van der Waals surface area contributed by atoms with Crippen molar-refractivity contribution < 1.29 is 14.3 Å². The Balaban J connectivity index is 2.72. The summed E-state index contributed by atoms with van der Waals surface area (Å²) >= 11 is 0. The minimum absolute atomic E-state index is 0.0252. The van der Waals surface area contributed by atoms with Gasteiger partial charge in [-0.1, -0.05) is 0 Å². The number of Topliss-reactive ketones (excluding diaryl/α,β-unsaturated/α-hetero) is 1. The number of phenols is 1. The fraction of sp³-hybridized carbons (Fsp3) is 0.222. The molecule has 1 aliphatic carbocycles. The lowest BCUT2D eigenvalue weighted by atomic mass is 10.1. The zero-order valence-corrected chi connectivity index (χ0v) is 6.30. The van der Waals surface area contributed by atoms with Gasteiger partial charge in [0.05, 0.1) is 5.56 Å². The van der Waals surface area contributed by atoms with Crippen LogP contribution >= 0.6 is 0 Å². The zero-order valence-electron chi connectivity index (χ0n) is 6.30. The molecule has 0 heterocycles. The molecule has 0 bridgehead atoms. The van der Waals surface area contributed by atoms with Crippen molar-refractivity contribution in [2.24, 2.45) is 0 Å². The van der Waals surface area contributed by atoms with E-state index >= 15 is 0 Å². The second kappa shape index (κ2) is 2.30. The molecule has 0 unspecified atom stereocenters. The summed E-state index contributed by atoms with van der Waals surface area (Å²) in [6.45, 7) is 0. The van der Waals surface area contributed by atoms with Crippen LogP contribution in [0, 0.1) is 5.82 Å². The van der Waals surface area contributed by atoms with Gasteiger partial charge in [0.25, 0.3) is 0 Å². The number of carbonyl (C=O) groups excluding carboxylic acids is 1. The Morgan fingerprint density at radius 3 is 2.75 bits per heavy atom. The number of halogens is 1. The molecule has 1 aromatic carbocycles. The third-order valence-electron chi connectivity index (χ3n) is 2.12. The van der Waals surface area contributed by atoms with Crippen LogP contribution in [0.3, 0.4) is 0 Å². The van der Waals surface area contributed by atoms with E-state index in [2.05, 4.69) is 0 Å². The standard InChI is InChI=1S/C9H7FO2/c10-6-2-4-7(11)5-1-3-8(12)9(5)6/h2,4,11H,1,3H2. The molecular weight excluding hydrogens is 159 g/mol. The van der Waals surface area contributed by atoms with E-state index < -0.39 is 5.82 Å². The molecule has 0 saturated heterocycles. The summed E-state index contributed by atoms with van der Waals surface area (Å²) < 4.78 is 13.0. The maximum atomic E-state index is 13.0. The van der Waals surface area contributed by atoms with Crippen molar-refractivity contribution in [3.63, 3.8) is 0 Å². The van der Waals surface area contributed by atoms with Crippen molar-refractivity contribution in [3.8, 4) is 5.75 Å². The number of benzene rings is 1. The molecule has 0 saturated carbocycles. The topological polar surface area (TPSA) is 37.3 Å². The highest BCUT2D eigenvalue weighted by atomic mass is 19.1. The first-order chi connectivity index (χ1) is 5.70. The number of fused-ring (bicyclic) bond motifs is 1. The number of ketones is 1. The third kappa shape index (κ3) is 0.826. The van der Waals surface area contributed by atoms with Crippen LogP contribution in [-0.4, -0.2) is 10.9 Å². The van der Waals surface area contributed by atoms with Gasteiger partial charge in [0, 0.05) is 12.0 Å². The molecule has 2 rings (SSSR count). The van der Waals surface area contributed by atoms with E-state index in [1.54, 1.807) is 0 Å². The van der Waals surface area contributed by atoms with Crippen molar-refractivity contribution in [2.45, 2.75) is 12.8 Å². The molecule has 1 aliphatic rings. The molecule has 0 aromatic heterocycles. The molecule has 1 N–H and O–H groups in total. The Labute approximate surface area is 68.6 Å². The van der Waals surface area contributed by atoms with E-state index in [-0.39, 0.29) is 17.1 Å². The van der Waals surface area contributed by atoms with Crippen LogP contribution in [0.5, 0.6) is 5.75 Å². The molecule has 3 heteroatoms. The molecule has 0 spiro atoms. The average molecular weight is 166 g/mol. The fourth-order valence-electron chi connectivity index (χ4n) is 1.53. The van der Waals surface area contributed by atoms with Gasteiger partial charge in [-0.3, -0.25) is 4.79 Å². The first-order valence-corrected chi connectivity index (χ1v) is 3.73. The van der Waals surface area contributed by atoms with Crippen molar-refractivity contribution >= 4 is 5.78 Å². The number of aromatic hydroxyl groups is 1. The molecule has 0 aliphatic heterocycles. The van der Waals surface area contributed by atoms with Crippen molar-refractivity contribution in [1.29, 1.82) is 0 Å². The summed E-state index contributed by atoms with van der Waals surface area (Å²) in [5.74, 6) is -0.707. The van der Waals surface area contributed by atoms with Gasteiger partial charge in [-0.2, -0.15) is 0 Å². The molecule has 0 fully saturated rings. The quantitative estimate of drug-likeness (QED) is 0.636. The molecule has 12 heavy (non-hydrogen) atoms. The minimum atomic E-state index is -0.523. The number of hydrogen-bond donors (Lipinski definition) is 1. The highest BCUT2D eigenvalue weighted by molar-refractivity contribution is 6.01. The Bertz CT molecular complexity index is 358. The second-order valence-corrected chi connectivity index (χ2v) is 2.84. The smallest absolute Gasteiger partial charge is 0.166 e. The van der Waals surface area contributed by atoms with Crippen LogP contribution in [0.15, 0.2) is 12.1 Å². The lowest BCUT2D eigenvalue weighted by molar-refractivity contribution is 0.0991. The number of carbonyl (C=O) groups is 1. The van der Waals surface area contributed by atoms with Gasteiger partial charge < -0.3 is 5.11 Å². The first kappa shape index (κ1) is 7.28. The normalized spacial score (nSPS) is 14.9. The summed E-state index contributed by atoms with van der Waals surface area (Å²) in [4.78, 5) is 11.1. The lowest BCUT2D eigenvalue weighted by Gasteiger charge is -2.00. The number of phenolic OH excluding ortho intramolecular Hbond substituents is 1. The van der Waals surface area contributed by atoms with E-state index in [1.165, 1.54) is 6.07 Å². The van der Waals surface area contributed by atoms with E-state index in [0.717, 1.165) is 6.07 Å². The molecular formula is C9H7FO2. The van der Waals surface area contributed by atoms with E-state index in [1.807, 2.05) is 0 Å². The lowest BCUT2D eigenvalue weighted by Crippen LogP contribution is -1.95. The molecule has 0 radical (unpaired) electrons. The van der Waals surface area contributed by atoms with Crippen LogP contribution in [0.4, 0.5) is 4.39 Å². The monoisotopic (exact) mass is 166 g/mol. The maximum absolute atomic E-state index is 13.0. The Morgan fingerprint density at radius 2 is 2.08 bits per heavy atom. The van der Waals surface area contributed by atoms with Gasteiger partial charge in [-0.15, -0.1) is 0 Å². The van der Waals surface area contributed by atoms with Crippen LogP contribution in [0.25, 0.3) is 0 Å². The minimum Gasteiger partial charge on any atom is -0.508 e. The predicted molar refractivity (Wildman–Crippen MR) is 40.7 cm³/mol. The van der Waals surface area contributed by atoms with Gasteiger partial charge in [0.2, 0.25) is 0 Å². The zero-order chi connectivity index (χ0) is 8.72. The molecule has 1 aromatic rings. The van der Waals surface area contributed by atoms with Gasteiger partial charge in [-0.05, 0) is 18.6 Å². The summed E-state index contributed by atoms with van der Waals surface area (Å²) in [5.41, 5.74) is 0.537. The highest BCUT2D eigenvalue weighted by Gasteiger charge is 2.25. The number of rotatable bonds is 0. The van der Waals surface area contributed by atoms with Crippen LogP contribution in [0.1, 0.15) is 22.3 Å². The summed E-state index contributed by atoms with van der Waals surface area (Å²) in [7, 11) is 0. The van der Waals surface area contributed by atoms with Gasteiger partial charge >= 0.3 is 0 Å². The van der Waals surface area contributed by atoms with Crippen LogP contribution < -0.4 is 0 Å². The van der Waals surface area contributed by atoms with Gasteiger partial charge in [0.1, 0.15) is 11.6 Å². The largest absolute Gasteiger partial charge is 0.508 e. The third-order valence-corrected chi connectivity index (χ3v) is 2.12.